The number of carbonyl (C=O) groups is 2. The fourth-order valence-corrected chi connectivity index (χ4v) is 6.94. The number of carboxylic acid groups (broad SMARTS) is 1. The molecule has 2 atom stereocenters. The molecule has 4 aromatic rings. The fourth-order valence-electron chi connectivity index (χ4n) is 6.94. The van der Waals surface area contributed by atoms with E-state index in [-0.39, 0.29) is 65.7 Å². The number of hydrogen-bond acceptors (Lipinski definition) is 11. The van der Waals surface area contributed by atoms with Crippen molar-refractivity contribution >= 4 is 11.9 Å². The van der Waals surface area contributed by atoms with E-state index < -0.39 is 46.9 Å². The van der Waals surface area contributed by atoms with E-state index in [1.807, 2.05) is 0 Å². The van der Waals surface area contributed by atoms with Gasteiger partial charge in [0.2, 0.25) is 11.5 Å². The molecule has 0 amide bonds. The van der Waals surface area contributed by atoms with E-state index in [9.17, 15) is 35.9 Å². The van der Waals surface area contributed by atoms with Gasteiger partial charge >= 0.3 is 24.3 Å². The van der Waals surface area contributed by atoms with Gasteiger partial charge in [0, 0.05) is 25.2 Å². The predicted molar refractivity (Wildman–Crippen MR) is 169 cm³/mol. The van der Waals surface area contributed by atoms with Gasteiger partial charge in [-0.05, 0) is 30.9 Å². The molecule has 6 heterocycles. The molecule has 20 heteroatoms. The van der Waals surface area contributed by atoms with Crippen LogP contribution < -0.4 is 0 Å². The van der Waals surface area contributed by atoms with Crippen LogP contribution in [-0.2, 0) is 74.8 Å². The Balaban J connectivity index is 0.000000167. The highest BCUT2D eigenvalue weighted by Gasteiger charge is 2.47. The van der Waals surface area contributed by atoms with Gasteiger partial charge in [-0.15, -0.1) is 0 Å². The minimum atomic E-state index is -4.86. The van der Waals surface area contributed by atoms with Crippen molar-refractivity contribution in [2.45, 2.75) is 70.3 Å². The number of hydrogen-bond donors (Lipinski definition) is 1. The summed E-state index contributed by atoms with van der Waals surface area (Å²) in [5, 5.41) is 17.7. The highest BCUT2D eigenvalue weighted by atomic mass is 19.4. The van der Waals surface area contributed by atoms with Crippen LogP contribution in [0.4, 0.5) is 26.3 Å². The molecule has 0 unspecified atom stereocenters. The van der Waals surface area contributed by atoms with Gasteiger partial charge in [0.1, 0.15) is 34.9 Å². The first-order chi connectivity index (χ1) is 25.7. The van der Waals surface area contributed by atoms with Crippen molar-refractivity contribution in [2.24, 2.45) is 0 Å². The highest BCUT2D eigenvalue weighted by Crippen LogP contribution is 2.47. The van der Waals surface area contributed by atoms with Crippen molar-refractivity contribution in [3.05, 3.63) is 57.7 Å². The number of fused-ring (bicyclic) bond motifs is 6. The zero-order chi connectivity index (χ0) is 38.4. The van der Waals surface area contributed by atoms with Crippen LogP contribution in [0.5, 0.6) is 0 Å². The van der Waals surface area contributed by atoms with E-state index in [4.69, 9.17) is 37.6 Å². The number of halogens is 6. The Kier molecular flexibility index (Phi) is 10.4. The number of rotatable bonds is 7. The summed E-state index contributed by atoms with van der Waals surface area (Å²) >= 11 is 0. The van der Waals surface area contributed by atoms with Crippen LogP contribution in [0.3, 0.4) is 0 Å². The van der Waals surface area contributed by atoms with Crippen molar-refractivity contribution in [2.75, 3.05) is 46.2 Å². The Morgan fingerprint density at radius 1 is 0.759 bits per heavy atom. The summed E-state index contributed by atoms with van der Waals surface area (Å²) in [5.41, 5.74) is -1.24. The molecule has 54 heavy (non-hydrogen) atoms. The molecule has 2 aliphatic heterocycles. The van der Waals surface area contributed by atoms with E-state index >= 15 is 0 Å². The summed E-state index contributed by atoms with van der Waals surface area (Å²) in [7, 11) is 0. The number of ether oxygens (including phenoxy) is 5. The fraction of sp³-hybridized carbons (Fsp3) is 0.529. The van der Waals surface area contributed by atoms with Crippen LogP contribution in [0.25, 0.3) is 22.5 Å². The second kappa shape index (κ2) is 14.9. The molecule has 292 valence electrons. The standard InChI is InChI=1S/C18H19F3N2O5.C16H15F3N2O5/c1-2-26-17(24)16-14(18(19,20)21)13-12(28-16)4-3-10-7-23(22-15(10)13)8-11-9-25-5-6-27-11;17-16(18,19)12-11-10(26-14(12)15(22)23)2-1-8-5-21(20-13(8)11)6-9-7-24-3-4-25-9/h7,11H,2-6,8-9H2,1H3;5,9H,1-4,6-7H2,(H,22,23)/t11-;9-/m00/s1. The van der Waals surface area contributed by atoms with Crippen molar-refractivity contribution in [3.8, 4) is 22.5 Å². The van der Waals surface area contributed by atoms with Gasteiger partial charge in [-0.25, -0.2) is 9.59 Å². The summed E-state index contributed by atoms with van der Waals surface area (Å²) in [5.74, 6) is -4.67. The van der Waals surface area contributed by atoms with Crippen molar-refractivity contribution in [1.82, 2.24) is 19.6 Å². The normalized spacial score (nSPS) is 19.5. The number of furan rings is 2. The zero-order valence-electron chi connectivity index (χ0n) is 28.7. The van der Waals surface area contributed by atoms with Crippen LogP contribution in [0.1, 0.15) is 61.8 Å². The summed E-state index contributed by atoms with van der Waals surface area (Å²) in [6.07, 6.45) is -5.36. The molecule has 0 bridgehead atoms. The Labute approximate surface area is 301 Å². The first-order valence-electron chi connectivity index (χ1n) is 17.1. The third-order valence-electron chi connectivity index (χ3n) is 9.13. The second-order valence-electron chi connectivity index (χ2n) is 12.8. The quantitative estimate of drug-likeness (QED) is 0.193. The van der Waals surface area contributed by atoms with Gasteiger partial charge in [0.15, 0.2) is 0 Å². The third-order valence-corrected chi connectivity index (χ3v) is 9.13. The zero-order valence-corrected chi connectivity index (χ0v) is 28.7. The Hall–Kier alpha value is -4.66. The summed E-state index contributed by atoms with van der Waals surface area (Å²) in [6, 6.07) is 0. The van der Waals surface area contributed by atoms with Crippen molar-refractivity contribution in [1.29, 1.82) is 0 Å². The molecule has 1 N–H and O–H groups in total. The van der Waals surface area contributed by atoms with Crippen LogP contribution in [-0.4, -0.2) is 95.1 Å². The molecule has 2 fully saturated rings. The molecule has 2 saturated heterocycles. The molecular formula is C34H34F6N4O10. The number of alkyl halides is 6. The molecule has 0 saturated carbocycles. The molecular weight excluding hydrogens is 738 g/mol. The number of carboxylic acids is 1. The predicted octanol–water partition coefficient (Wildman–Crippen LogP) is 5.23. The molecule has 8 rings (SSSR count). The van der Waals surface area contributed by atoms with Gasteiger partial charge in [0.25, 0.3) is 0 Å². The lowest BCUT2D eigenvalue weighted by molar-refractivity contribution is -0.138. The maximum atomic E-state index is 13.8. The summed E-state index contributed by atoms with van der Waals surface area (Å²) in [6.45, 7) is 4.93. The van der Waals surface area contributed by atoms with E-state index in [1.54, 1.807) is 17.1 Å². The monoisotopic (exact) mass is 772 g/mol. The van der Waals surface area contributed by atoms with Gasteiger partial charge in [-0.1, -0.05) is 0 Å². The number of nitrogens with zero attached hydrogens (tertiary/aromatic N) is 4. The van der Waals surface area contributed by atoms with Crippen LogP contribution in [0, 0.1) is 0 Å². The first kappa shape index (κ1) is 37.6. The molecule has 2 aliphatic carbocycles. The molecule has 0 radical (unpaired) electrons. The van der Waals surface area contributed by atoms with Gasteiger partial charge in [-0.3, -0.25) is 9.36 Å². The largest absolute Gasteiger partial charge is 0.475 e. The maximum absolute atomic E-state index is 13.8. The van der Waals surface area contributed by atoms with Crippen LogP contribution in [0.15, 0.2) is 21.2 Å². The lowest BCUT2D eigenvalue weighted by Gasteiger charge is -2.22. The minimum Gasteiger partial charge on any atom is -0.475 e. The topological polar surface area (TPSA) is 162 Å². The van der Waals surface area contributed by atoms with Crippen LogP contribution >= 0.6 is 0 Å². The molecule has 4 aromatic heterocycles. The van der Waals surface area contributed by atoms with Crippen molar-refractivity contribution < 1.29 is 73.6 Å². The molecule has 4 aliphatic rings. The van der Waals surface area contributed by atoms with Crippen LogP contribution in [0.2, 0.25) is 0 Å². The lowest BCUT2D eigenvalue weighted by Crippen LogP contribution is -2.32. The Morgan fingerprint density at radius 2 is 1.22 bits per heavy atom. The van der Waals surface area contributed by atoms with E-state index in [2.05, 4.69) is 10.2 Å². The highest BCUT2D eigenvalue weighted by molar-refractivity contribution is 5.92. The number of aryl methyl sites for hydroxylation is 4. The van der Waals surface area contributed by atoms with Gasteiger partial charge in [0.05, 0.1) is 81.9 Å². The number of carbonyl (C=O) groups excluding carboxylic acids is 1. The Bertz CT molecular complexity index is 2010. The van der Waals surface area contributed by atoms with E-state index in [1.165, 1.54) is 11.6 Å². The van der Waals surface area contributed by atoms with E-state index in [0.717, 1.165) is 0 Å². The molecule has 14 nitrogen and oxygen atoms in total. The first-order valence-corrected chi connectivity index (χ1v) is 17.1. The molecule has 0 aromatic carbocycles. The number of aromatic nitrogens is 4. The van der Waals surface area contributed by atoms with Crippen molar-refractivity contribution in [3.63, 3.8) is 0 Å². The maximum Gasteiger partial charge on any atom is 0.421 e. The molecule has 0 spiro atoms. The Morgan fingerprint density at radius 3 is 1.63 bits per heavy atom. The summed E-state index contributed by atoms with van der Waals surface area (Å²) < 4.78 is 122. The SMILES string of the molecule is CCOC(=O)c1oc2c(c1C(F)(F)F)-c1nn(C[C@H]3COCCO3)cc1CC2.O=C(O)c1oc2c(c1C(F)(F)F)-c1nn(C[C@H]3COCCO3)cc1CC2. The number of aromatic carboxylic acids is 1. The number of esters is 1. The average molecular weight is 773 g/mol. The second-order valence-corrected chi connectivity index (χ2v) is 12.8. The minimum absolute atomic E-state index is 0.00437. The third kappa shape index (κ3) is 7.51. The van der Waals surface area contributed by atoms with E-state index in [0.29, 0.717) is 76.7 Å². The lowest BCUT2D eigenvalue weighted by atomic mass is 9.93. The summed E-state index contributed by atoms with van der Waals surface area (Å²) in [4.78, 5) is 23.3. The van der Waals surface area contributed by atoms with Gasteiger partial charge in [-0.2, -0.15) is 36.5 Å². The van der Waals surface area contributed by atoms with Gasteiger partial charge < -0.3 is 37.6 Å². The smallest absolute Gasteiger partial charge is 0.421 e. The average Bonchev–Trinajstić information content (AvgIpc) is 3.90.